The smallest absolute Gasteiger partial charge is 0.225 e. The Morgan fingerprint density at radius 2 is 1.86 bits per heavy atom. The molecule has 1 aromatic heterocycles. The number of piperidine rings is 1. The summed E-state index contributed by atoms with van der Waals surface area (Å²) in [7, 11) is 2.11. The van der Waals surface area contributed by atoms with Crippen molar-refractivity contribution in [3.05, 3.63) is 54.4 Å². The quantitative estimate of drug-likeness (QED) is 0.868. The number of likely N-dealkylation sites (tertiary alicyclic amines) is 1. The second kappa shape index (κ2) is 6.88. The first-order chi connectivity index (χ1) is 10.7. The van der Waals surface area contributed by atoms with Gasteiger partial charge in [-0.1, -0.05) is 37.3 Å². The summed E-state index contributed by atoms with van der Waals surface area (Å²) in [6, 6.07) is 13.1. The van der Waals surface area contributed by atoms with E-state index >= 15 is 0 Å². The summed E-state index contributed by atoms with van der Waals surface area (Å²) < 4.78 is 0. The van der Waals surface area contributed by atoms with E-state index in [0.717, 1.165) is 32.0 Å². The van der Waals surface area contributed by atoms with Crippen molar-refractivity contribution in [1.29, 1.82) is 0 Å². The van der Waals surface area contributed by atoms with E-state index in [9.17, 15) is 0 Å². The molecular weight excluding hydrogens is 272 g/mol. The number of benzene rings is 1. The fraction of sp³-hybridized carbons (Fsp3) is 0.444. The van der Waals surface area contributed by atoms with Crippen molar-refractivity contribution in [2.75, 3.05) is 25.0 Å². The lowest BCUT2D eigenvalue weighted by Gasteiger charge is -2.41. The Morgan fingerprint density at radius 1 is 1.14 bits per heavy atom. The summed E-state index contributed by atoms with van der Waals surface area (Å²) in [5.74, 6) is 1.43. The Morgan fingerprint density at radius 3 is 2.55 bits per heavy atom. The van der Waals surface area contributed by atoms with Gasteiger partial charge in [0.05, 0.1) is 0 Å². The lowest BCUT2D eigenvalue weighted by Crippen LogP contribution is -2.49. The molecule has 4 nitrogen and oxygen atoms in total. The van der Waals surface area contributed by atoms with Gasteiger partial charge in [-0.05, 0) is 24.0 Å². The van der Waals surface area contributed by atoms with Crippen LogP contribution >= 0.6 is 0 Å². The third kappa shape index (κ3) is 3.45. The van der Waals surface area contributed by atoms with E-state index in [0.29, 0.717) is 12.0 Å². The van der Waals surface area contributed by atoms with E-state index < -0.39 is 0 Å². The third-order valence-corrected chi connectivity index (χ3v) is 4.56. The number of nitrogens with zero attached hydrogens (tertiary/aromatic N) is 4. The number of rotatable bonds is 4. The molecule has 1 aliphatic heterocycles. The second-order valence-electron chi connectivity index (χ2n) is 6.21. The maximum Gasteiger partial charge on any atom is 0.225 e. The van der Waals surface area contributed by atoms with Crippen LogP contribution in [-0.4, -0.2) is 41.0 Å². The summed E-state index contributed by atoms with van der Waals surface area (Å²) in [4.78, 5) is 13.5. The van der Waals surface area contributed by atoms with Crippen molar-refractivity contribution in [2.45, 2.75) is 25.9 Å². The molecule has 1 fully saturated rings. The molecular formula is C18H24N4. The van der Waals surface area contributed by atoms with Crippen LogP contribution in [0.2, 0.25) is 0 Å². The first-order valence-corrected chi connectivity index (χ1v) is 8.00. The van der Waals surface area contributed by atoms with Crippen molar-refractivity contribution >= 4 is 5.95 Å². The highest BCUT2D eigenvalue weighted by Gasteiger charge is 2.29. The van der Waals surface area contributed by atoms with Crippen molar-refractivity contribution in [1.82, 2.24) is 14.9 Å². The summed E-state index contributed by atoms with van der Waals surface area (Å²) in [5, 5.41) is 0. The van der Waals surface area contributed by atoms with Gasteiger partial charge in [0.15, 0.2) is 0 Å². The highest BCUT2D eigenvalue weighted by atomic mass is 15.3. The van der Waals surface area contributed by atoms with Gasteiger partial charge in [0.1, 0.15) is 0 Å². The second-order valence-corrected chi connectivity index (χ2v) is 6.21. The molecule has 3 rings (SSSR count). The van der Waals surface area contributed by atoms with Crippen molar-refractivity contribution in [3.63, 3.8) is 0 Å². The monoisotopic (exact) mass is 296 g/mol. The van der Waals surface area contributed by atoms with Crippen LogP contribution in [0.3, 0.4) is 0 Å². The molecule has 1 aliphatic rings. The van der Waals surface area contributed by atoms with E-state index in [1.165, 1.54) is 5.56 Å². The summed E-state index contributed by atoms with van der Waals surface area (Å²) in [6.45, 7) is 5.63. The van der Waals surface area contributed by atoms with Gasteiger partial charge in [-0.15, -0.1) is 0 Å². The average molecular weight is 296 g/mol. The molecule has 0 spiro atoms. The van der Waals surface area contributed by atoms with Crippen molar-refractivity contribution in [3.8, 4) is 0 Å². The predicted molar refractivity (Wildman–Crippen MR) is 89.7 cm³/mol. The maximum absolute atomic E-state index is 4.38. The highest BCUT2D eigenvalue weighted by molar-refractivity contribution is 5.29. The van der Waals surface area contributed by atoms with Crippen LogP contribution < -0.4 is 4.90 Å². The number of aromatic nitrogens is 2. The van der Waals surface area contributed by atoms with Gasteiger partial charge < -0.3 is 4.90 Å². The molecule has 2 atom stereocenters. The van der Waals surface area contributed by atoms with Crippen LogP contribution in [0.25, 0.3) is 0 Å². The van der Waals surface area contributed by atoms with Gasteiger partial charge in [0.25, 0.3) is 0 Å². The molecule has 1 aromatic carbocycles. The highest BCUT2D eigenvalue weighted by Crippen LogP contribution is 2.24. The van der Waals surface area contributed by atoms with E-state index in [1.807, 2.05) is 18.5 Å². The molecule has 0 aliphatic carbocycles. The fourth-order valence-corrected chi connectivity index (χ4v) is 3.40. The van der Waals surface area contributed by atoms with E-state index in [4.69, 9.17) is 0 Å². The minimum atomic E-state index is 0.509. The normalized spacial score (nSPS) is 22.5. The summed E-state index contributed by atoms with van der Waals surface area (Å²) in [5.41, 5.74) is 1.40. The van der Waals surface area contributed by atoms with E-state index in [2.05, 4.69) is 64.1 Å². The van der Waals surface area contributed by atoms with Crippen LogP contribution in [0, 0.1) is 5.92 Å². The van der Waals surface area contributed by atoms with Gasteiger partial charge in [0, 0.05) is 45.1 Å². The minimum absolute atomic E-state index is 0.509. The van der Waals surface area contributed by atoms with Gasteiger partial charge in [-0.25, -0.2) is 9.97 Å². The molecule has 0 amide bonds. The number of hydrogen-bond donors (Lipinski definition) is 0. The van der Waals surface area contributed by atoms with Crippen LogP contribution in [0.1, 0.15) is 18.9 Å². The molecule has 4 heteroatoms. The maximum atomic E-state index is 4.38. The lowest BCUT2D eigenvalue weighted by molar-refractivity contribution is 0.155. The van der Waals surface area contributed by atoms with Crippen LogP contribution in [-0.2, 0) is 6.54 Å². The summed E-state index contributed by atoms with van der Waals surface area (Å²) in [6.07, 6.45) is 4.78. The summed E-state index contributed by atoms with van der Waals surface area (Å²) >= 11 is 0. The van der Waals surface area contributed by atoms with Gasteiger partial charge in [0.2, 0.25) is 5.95 Å². The number of hydrogen-bond acceptors (Lipinski definition) is 4. The van der Waals surface area contributed by atoms with Gasteiger partial charge in [-0.2, -0.15) is 0 Å². The molecule has 0 bridgehead atoms. The van der Waals surface area contributed by atoms with Crippen LogP contribution in [0.4, 0.5) is 5.95 Å². The van der Waals surface area contributed by atoms with Crippen molar-refractivity contribution in [2.24, 2.45) is 5.92 Å². The Labute approximate surface area is 132 Å². The van der Waals surface area contributed by atoms with Gasteiger partial charge >= 0.3 is 0 Å². The zero-order valence-electron chi connectivity index (χ0n) is 13.4. The first-order valence-electron chi connectivity index (χ1n) is 8.00. The van der Waals surface area contributed by atoms with E-state index in [-0.39, 0.29) is 0 Å². The lowest BCUT2D eigenvalue weighted by atomic mass is 9.92. The molecule has 1 saturated heterocycles. The molecule has 0 N–H and O–H groups in total. The molecule has 116 valence electrons. The Hall–Kier alpha value is -1.94. The molecule has 0 saturated carbocycles. The van der Waals surface area contributed by atoms with Crippen LogP contribution in [0.5, 0.6) is 0 Å². The standard InChI is InChI=1S/C18H24N4/c1-15-13-22(14-16-7-4-3-5-8-16)12-9-17(15)21(2)18-19-10-6-11-20-18/h3-8,10-11,15,17H,9,12-14H2,1-2H3. The molecule has 2 heterocycles. The fourth-order valence-electron chi connectivity index (χ4n) is 3.40. The third-order valence-electron chi connectivity index (χ3n) is 4.56. The average Bonchev–Trinajstić information content (AvgIpc) is 2.56. The number of anilines is 1. The van der Waals surface area contributed by atoms with Crippen molar-refractivity contribution < 1.29 is 0 Å². The molecule has 22 heavy (non-hydrogen) atoms. The van der Waals surface area contributed by atoms with Crippen LogP contribution in [0.15, 0.2) is 48.8 Å². The molecule has 0 radical (unpaired) electrons. The zero-order chi connectivity index (χ0) is 15.4. The Kier molecular flexibility index (Phi) is 4.68. The molecule has 2 unspecified atom stereocenters. The predicted octanol–water partition coefficient (Wildman–Crippen LogP) is 2.82. The minimum Gasteiger partial charge on any atom is -0.341 e. The SMILES string of the molecule is CC1CN(Cc2ccccc2)CCC1N(C)c1ncccn1. The molecule has 2 aromatic rings. The Balaban J connectivity index is 1.60. The topological polar surface area (TPSA) is 32.3 Å². The largest absolute Gasteiger partial charge is 0.341 e. The van der Waals surface area contributed by atoms with E-state index in [1.54, 1.807) is 0 Å². The van der Waals surface area contributed by atoms with Gasteiger partial charge in [-0.3, -0.25) is 4.90 Å². The Bertz CT molecular complexity index is 572. The first kappa shape index (κ1) is 15.0. The zero-order valence-corrected chi connectivity index (χ0v) is 13.4.